The van der Waals surface area contributed by atoms with Crippen LogP contribution in [-0.2, 0) is 11.3 Å². The van der Waals surface area contributed by atoms with Crippen LogP contribution in [0.25, 0.3) is 0 Å². The van der Waals surface area contributed by atoms with Gasteiger partial charge in [0.2, 0.25) is 0 Å². The van der Waals surface area contributed by atoms with Crippen molar-refractivity contribution in [3.8, 4) is 5.75 Å². The number of phenolic OH excluding ortho intramolecular Hbond substituents is 1. The van der Waals surface area contributed by atoms with Gasteiger partial charge in [0.1, 0.15) is 5.75 Å². The third-order valence-corrected chi connectivity index (χ3v) is 5.38. The normalized spacial score (nSPS) is 19.7. The Morgan fingerprint density at radius 1 is 1.22 bits per heavy atom. The van der Waals surface area contributed by atoms with E-state index in [1.165, 1.54) is 5.56 Å². The molecule has 1 fully saturated rings. The van der Waals surface area contributed by atoms with Gasteiger partial charge in [-0.25, -0.2) is 0 Å². The number of hydrogen-bond acceptors (Lipinski definition) is 3. The number of carbonyl (C=O) groups is 1. The molecule has 1 heterocycles. The Morgan fingerprint density at radius 2 is 1.93 bits per heavy atom. The van der Waals surface area contributed by atoms with Gasteiger partial charge in [-0.2, -0.15) is 0 Å². The van der Waals surface area contributed by atoms with Gasteiger partial charge in [-0.3, -0.25) is 9.69 Å². The second kappa shape index (κ2) is 8.83. The van der Waals surface area contributed by atoms with Gasteiger partial charge >= 0.3 is 0 Å². The summed E-state index contributed by atoms with van der Waals surface area (Å²) in [6.07, 6.45) is 4.79. The highest BCUT2D eigenvalue weighted by Gasteiger charge is 2.35. The molecule has 0 radical (unpaired) electrons. The van der Waals surface area contributed by atoms with E-state index in [0.717, 1.165) is 30.6 Å². The molecule has 0 aromatic heterocycles. The van der Waals surface area contributed by atoms with Gasteiger partial charge in [-0.05, 0) is 48.7 Å². The lowest BCUT2D eigenvalue weighted by molar-refractivity contribution is -0.127. The zero-order chi connectivity index (χ0) is 19.2. The van der Waals surface area contributed by atoms with E-state index >= 15 is 0 Å². The number of carbonyl (C=O) groups excluding carboxylic acids is 1. The Morgan fingerprint density at radius 3 is 2.52 bits per heavy atom. The van der Waals surface area contributed by atoms with E-state index in [-0.39, 0.29) is 23.4 Å². The average molecular weight is 361 g/mol. The first-order valence-corrected chi connectivity index (χ1v) is 9.49. The number of allylic oxidation sites excluding steroid dienone is 3. The van der Waals surface area contributed by atoms with E-state index in [9.17, 15) is 9.90 Å². The highest BCUT2D eigenvalue weighted by Crippen LogP contribution is 2.37. The Bertz CT molecular complexity index is 808. The molecule has 0 amide bonds. The molecule has 0 saturated carbocycles. The van der Waals surface area contributed by atoms with Gasteiger partial charge in [-0.1, -0.05) is 61.2 Å². The summed E-state index contributed by atoms with van der Waals surface area (Å²) in [6.45, 7) is 8.05. The number of ketones is 1. The summed E-state index contributed by atoms with van der Waals surface area (Å²) < 4.78 is 0. The summed E-state index contributed by atoms with van der Waals surface area (Å²) in [4.78, 5) is 15.2. The van der Waals surface area contributed by atoms with E-state index in [1.807, 2.05) is 43.3 Å². The second-order valence-corrected chi connectivity index (χ2v) is 7.12. The van der Waals surface area contributed by atoms with Crippen molar-refractivity contribution in [1.29, 1.82) is 0 Å². The summed E-state index contributed by atoms with van der Waals surface area (Å²) in [5.41, 5.74) is 3.40. The molecule has 2 aromatic rings. The van der Waals surface area contributed by atoms with Gasteiger partial charge in [-0.15, -0.1) is 0 Å². The van der Waals surface area contributed by atoms with E-state index in [1.54, 1.807) is 12.1 Å². The van der Waals surface area contributed by atoms with E-state index < -0.39 is 0 Å². The molecule has 1 aliphatic heterocycles. The maximum atomic E-state index is 13.1. The molecule has 1 N–H and O–H groups in total. The van der Waals surface area contributed by atoms with E-state index in [2.05, 4.69) is 29.7 Å². The molecule has 1 aliphatic rings. The van der Waals surface area contributed by atoms with Crippen LogP contribution in [0.1, 0.15) is 30.4 Å². The topological polar surface area (TPSA) is 40.5 Å². The molecule has 0 aliphatic carbocycles. The summed E-state index contributed by atoms with van der Waals surface area (Å²) in [7, 11) is 0. The van der Waals surface area contributed by atoms with Crippen LogP contribution in [0.2, 0.25) is 0 Å². The first-order valence-electron chi connectivity index (χ1n) is 9.49. The number of piperidine rings is 1. The van der Waals surface area contributed by atoms with Crippen molar-refractivity contribution in [3.63, 3.8) is 0 Å². The zero-order valence-electron chi connectivity index (χ0n) is 15.8. The minimum Gasteiger partial charge on any atom is -0.508 e. The van der Waals surface area contributed by atoms with Crippen molar-refractivity contribution in [3.05, 3.63) is 90.0 Å². The second-order valence-electron chi connectivity index (χ2n) is 7.12. The minimum atomic E-state index is -0.0207. The van der Waals surface area contributed by atoms with Crippen LogP contribution in [0, 0.1) is 5.92 Å². The number of phenols is 1. The van der Waals surface area contributed by atoms with E-state index in [4.69, 9.17) is 0 Å². The number of nitrogens with zero attached hydrogens (tertiary/aromatic N) is 1. The quantitative estimate of drug-likeness (QED) is 0.758. The number of aromatic hydroxyl groups is 1. The summed E-state index contributed by atoms with van der Waals surface area (Å²) >= 11 is 0. The molecule has 0 bridgehead atoms. The largest absolute Gasteiger partial charge is 0.508 e. The van der Waals surface area contributed by atoms with Gasteiger partial charge in [0.05, 0.1) is 6.54 Å². The molecule has 140 valence electrons. The zero-order valence-corrected chi connectivity index (χ0v) is 15.8. The molecule has 1 saturated heterocycles. The van der Waals surface area contributed by atoms with Gasteiger partial charge in [0.15, 0.2) is 5.78 Å². The first kappa shape index (κ1) is 19.1. The maximum Gasteiger partial charge on any atom is 0.150 e. The van der Waals surface area contributed by atoms with Crippen molar-refractivity contribution in [2.45, 2.75) is 25.8 Å². The lowest BCUT2D eigenvalue weighted by Gasteiger charge is -2.36. The highest BCUT2D eigenvalue weighted by molar-refractivity contribution is 5.85. The van der Waals surface area contributed by atoms with Crippen LogP contribution in [-0.4, -0.2) is 28.9 Å². The molecule has 2 atom stereocenters. The van der Waals surface area contributed by atoms with Crippen LogP contribution in [0.3, 0.4) is 0 Å². The molecule has 2 unspecified atom stereocenters. The Kier molecular flexibility index (Phi) is 6.25. The fourth-order valence-corrected chi connectivity index (χ4v) is 3.99. The molecular formula is C24H27NO2. The fourth-order valence-electron chi connectivity index (χ4n) is 3.99. The SMILES string of the molecule is C=C/C(=C\C)C(c1ccccc1)C1CCN(Cc2ccc(O)cc2)CC1=O. The van der Waals surface area contributed by atoms with Crippen LogP contribution >= 0.6 is 0 Å². The molecule has 27 heavy (non-hydrogen) atoms. The average Bonchev–Trinajstić information content (AvgIpc) is 2.69. The van der Waals surface area contributed by atoms with Crippen molar-refractivity contribution < 1.29 is 9.90 Å². The van der Waals surface area contributed by atoms with Gasteiger partial charge in [0.25, 0.3) is 0 Å². The van der Waals surface area contributed by atoms with Crippen LogP contribution < -0.4 is 0 Å². The van der Waals surface area contributed by atoms with Crippen molar-refractivity contribution in [2.75, 3.05) is 13.1 Å². The van der Waals surface area contributed by atoms with Gasteiger partial charge in [0, 0.05) is 18.4 Å². The highest BCUT2D eigenvalue weighted by atomic mass is 16.3. The lowest BCUT2D eigenvalue weighted by atomic mass is 9.75. The maximum absolute atomic E-state index is 13.1. The summed E-state index contributed by atoms with van der Waals surface area (Å²) in [5.74, 6) is 0.599. The Balaban J connectivity index is 1.75. The van der Waals surface area contributed by atoms with Crippen molar-refractivity contribution in [2.24, 2.45) is 5.92 Å². The predicted molar refractivity (Wildman–Crippen MR) is 110 cm³/mol. The van der Waals surface area contributed by atoms with E-state index in [0.29, 0.717) is 6.54 Å². The molecule has 2 aromatic carbocycles. The predicted octanol–water partition coefficient (Wildman–Crippen LogP) is 4.70. The smallest absolute Gasteiger partial charge is 0.150 e. The third kappa shape index (κ3) is 4.55. The number of benzene rings is 2. The van der Waals surface area contributed by atoms with Crippen molar-refractivity contribution in [1.82, 2.24) is 4.90 Å². The molecule has 0 spiro atoms. The van der Waals surface area contributed by atoms with Crippen molar-refractivity contribution >= 4 is 5.78 Å². The Hall–Kier alpha value is -2.65. The summed E-state index contributed by atoms with van der Waals surface area (Å²) in [6, 6.07) is 17.5. The lowest BCUT2D eigenvalue weighted by Crippen LogP contribution is -2.42. The monoisotopic (exact) mass is 361 g/mol. The summed E-state index contributed by atoms with van der Waals surface area (Å²) in [5, 5.41) is 9.43. The molecule has 3 heteroatoms. The molecular weight excluding hydrogens is 334 g/mol. The molecule has 3 rings (SSSR count). The Labute approximate surface area is 161 Å². The standard InChI is InChI=1S/C24H27NO2/c1-3-19(4-2)24(20-8-6-5-7-9-20)22-14-15-25(17-23(22)27)16-18-10-12-21(26)13-11-18/h3-13,22,24,26H,1,14-17H2,2H3/b19-4+. The number of rotatable bonds is 6. The third-order valence-electron chi connectivity index (χ3n) is 5.38. The van der Waals surface area contributed by atoms with Crippen LogP contribution in [0.4, 0.5) is 0 Å². The van der Waals surface area contributed by atoms with Gasteiger partial charge < -0.3 is 5.11 Å². The number of likely N-dealkylation sites (tertiary alicyclic amines) is 1. The number of Topliss-reactive ketones (excluding diaryl/α,β-unsaturated/α-hetero) is 1. The number of hydrogen-bond donors (Lipinski definition) is 1. The molecule has 3 nitrogen and oxygen atoms in total. The first-order chi connectivity index (χ1) is 13.1. The fraction of sp³-hybridized carbons (Fsp3) is 0.292. The minimum absolute atomic E-state index is 0.0207. The van der Waals surface area contributed by atoms with Crippen LogP contribution in [0.5, 0.6) is 5.75 Å². The van der Waals surface area contributed by atoms with Crippen LogP contribution in [0.15, 0.2) is 78.9 Å².